The van der Waals surface area contributed by atoms with E-state index in [1.165, 1.54) is 37.5 Å². The third-order valence-corrected chi connectivity index (χ3v) is 5.23. The molecule has 122 valence electrons. The van der Waals surface area contributed by atoms with Gasteiger partial charge >= 0.3 is 0 Å². The van der Waals surface area contributed by atoms with Gasteiger partial charge < -0.3 is 4.74 Å². The Bertz CT molecular complexity index is 807. The Balaban J connectivity index is 2.49. The minimum Gasteiger partial charge on any atom is -0.497 e. The summed E-state index contributed by atoms with van der Waals surface area (Å²) >= 11 is 5.75. The normalized spacial score (nSPS) is 11.1. The first-order valence-electron chi connectivity index (χ1n) is 6.63. The Labute approximate surface area is 139 Å². The van der Waals surface area contributed by atoms with Crippen molar-refractivity contribution in [1.29, 1.82) is 0 Å². The molecule has 0 fully saturated rings. The fourth-order valence-electron chi connectivity index (χ4n) is 1.97. The molecular weight excluding hydrogens is 341 g/mol. The van der Waals surface area contributed by atoms with Crippen molar-refractivity contribution in [3.05, 3.63) is 66.0 Å². The molecule has 0 N–H and O–H groups in total. The molecule has 0 saturated heterocycles. The molecule has 0 spiro atoms. The van der Waals surface area contributed by atoms with E-state index in [-0.39, 0.29) is 22.2 Å². The van der Waals surface area contributed by atoms with Crippen LogP contribution in [0.2, 0.25) is 5.02 Å². The Morgan fingerprint density at radius 3 is 2.43 bits per heavy atom. The Morgan fingerprint density at radius 1 is 1.26 bits per heavy atom. The molecule has 0 bridgehead atoms. The molecule has 0 unspecified atom stereocenters. The zero-order valence-corrected chi connectivity index (χ0v) is 13.9. The van der Waals surface area contributed by atoms with E-state index in [1.807, 2.05) is 0 Å². The number of halogens is 2. The second-order valence-electron chi connectivity index (χ2n) is 4.60. The van der Waals surface area contributed by atoms with E-state index in [0.29, 0.717) is 5.75 Å². The van der Waals surface area contributed by atoms with Crippen molar-refractivity contribution < 1.29 is 17.5 Å². The number of nitrogens with zero attached hydrogens (tertiary/aromatic N) is 1. The summed E-state index contributed by atoms with van der Waals surface area (Å²) in [7, 11) is -2.35. The minimum absolute atomic E-state index is 0.0241. The lowest BCUT2D eigenvalue weighted by Gasteiger charge is -2.23. The third kappa shape index (κ3) is 3.65. The van der Waals surface area contributed by atoms with Gasteiger partial charge in [0.05, 0.1) is 29.3 Å². The molecule has 4 nitrogen and oxygen atoms in total. The van der Waals surface area contributed by atoms with Crippen LogP contribution < -0.4 is 9.04 Å². The number of benzene rings is 2. The van der Waals surface area contributed by atoms with Crippen LogP contribution in [-0.2, 0) is 10.0 Å². The van der Waals surface area contributed by atoms with Crippen molar-refractivity contribution in [2.45, 2.75) is 4.90 Å². The van der Waals surface area contributed by atoms with E-state index in [4.69, 9.17) is 16.3 Å². The lowest BCUT2D eigenvalue weighted by atomic mass is 10.3. The summed E-state index contributed by atoms with van der Waals surface area (Å²) in [6, 6.07) is 9.72. The van der Waals surface area contributed by atoms with E-state index in [1.54, 1.807) is 12.1 Å². The Kier molecular flexibility index (Phi) is 5.28. The van der Waals surface area contributed by atoms with E-state index in [2.05, 4.69) is 6.58 Å². The van der Waals surface area contributed by atoms with Gasteiger partial charge in [0.1, 0.15) is 11.6 Å². The molecule has 7 heteroatoms. The highest BCUT2D eigenvalue weighted by Gasteiger charge is 2.24. The highest BCUT2D eigenvalue weighted by molar-refractivity contribution is 7.92. The monoisotopic (exact) mass is 355 g/mol. The average Bonchev–Trinajstić information content (AvgIpc) is 2.55. The van der Waals surface area contributed by atoms with E-state index in [9.17, 15) is 12.8 Å². The number of hydrogen-bond acceptors (Lipinski definition) is 3. The zero-order chi connectivity index (χ0) is 17.0. The molecule has 0 aliphatic rings. The molecule has 23 heavy (non-hydrogen) atoms. The van der Waals surface area contributed by atoms with Crippen LogP contribution in [0.1, 0.15) is 0 Å². The number of methoxy groups -OCH3 is 1. The van der Waals surface area contributed by atoms with E-state index >= 15 is 0 Å². The lowest BCUT2D eigenvalue weighted by Crippen LogP contribution is -2.31. The molecule has 0 aromatic heterocycles. The summed E-state index contributed by atoms with van der Waals surface area (Å²) in [5.74, 6) is -0.0696. The highest BCUT2D eigenvalue weighted by Crippen LogP contribution is 2.28. The molecule has 2 aromatic rings. The number of hydrogen-bond donors (Lipinski definition) is 0. The molecular formula is C16H15ClFNO3S. The van der Waals surface area contributed by atoms with Crippen molar-refractivity contribution in [3.8, 4) is 5.75 Å². The Hall–Kier alpha value is -2.05. The predicted octanol–water partition coefficient (Wildman–Crippen LogP) is 3.87. The molecule has 0 amide bonds. The predicted molar refractivity (Wildman–Crippen MR) is 89.1 cm³/mol. The van der Waals surface area contributed by atoms with Gasteiger partial charge in [-0.25, -0.2) is 12.8 Å². The average molecular weight is 356 g/mol. The van der Waals surface area contributed by atoms with Crippen LogP contribution in [0, 0.1) is 5.82 Å². The number of rotatable bonds is 6. The molecule has 0 heterocycles. The van der Waals surface area contributed by atoms with Gasteiger partial charge in [-0.1, -0.05) is 17.7 Å². The maximum absolute atomic E-state index is 13.3. The standard InChI is InChI=1S/C16H15ClFNO3S/c1-3-10-19(12-4-9-16(18)15(17)11-12)23(20,21)14-7-5-13(22-2)6-8-14/h3-9,11H,1,10H2,2H3. The second kappa shape index (κ2) is 7.02. The van der Waals surface area contributed by atoms with E-state index in [0.717, 1.165) is 10.4 Å². The largest absolute Gasteiger partial charge is 0.497 e. The molecule has 0 aliphatic carbocycles. The van der Waals surface area contributed by atoms with Crippen molar-refractivity contribution in [2.24, 2.45) is 0 Å². The fraction of sp³-hybridized carbons (Fsp3) is 0.125. The summed E-state index contributed by atoms with van der Waals surface area (Å²) < 4.78 is 45.1. The van der Waals surface area contributed by atoms with Gasteiger partial charge in [-0.3, -0.25) is 4.31 Å². The summed E-state index contributed by atoms with van der Waals surface area (Å²) in [6.45, 7) is 3.59. The van der Waals surface area contributed by atoms with Crippen LogP contribution in [0.15, 0.2) is 60.0 Å². The van der Waals surface area contributed by atoms with Crippen LogP contribution >= 0.6 is 11.6 Å². The molecule has 0 radical (unpaired) electrons. The van der Waals surface area contributed by atoms with Crippen molar-refractivity contribution in [2.75, 3.05) is 18.0 Å². The first kappa shape index (κ1) is 17.3. The summed E-state index contributed by atoms with van der Waals surface area (Å²) in [5.41, 5.74) is 0.257. The van der Waals surface area contributed by atoms with Crippen molar-refractivity contribution in [3.63, 3.8) is 0 Å². The van der Waals surface area contributed by atoms with Crippen LogP contribution in [0.3, 0.4) is 0 Å². The molecule has 0 saturated carbocycles. The van der Waals surface area contributed by atoms with Crippen molar-refractivity contribution in [1.82, 2.24) is 0 Å². The van der Waals surface area contributed by atoms with Gasteiger partial charge in [0.15, 0.2) is 0 Å². The molecule has 0 aliphatic heterocycles. The minimum atomic E-state index is -3.85. The van der Waals surface area contributed by atoms with Gasteiger partial charge in [0.2, 0.25) is 0 Å². The first-order chi connectivity index (χ1) is 10.9. The summed E-state index contributed by atoms with van der Waals surface area (Å²) in [5, 5.41) is -0.151. The first-order valence-corrected chi connectivity index (χ1v) is 8.44. The van der Waals surface area contributed by atoms with Gasteiger partial charge in [-0.15, -0.1) is 6.58 Å². The van der Waals surface area contributed by atoms with Gasteiger partial charge in [0, 0.05) is 0 Å². The molecule has 2 aromatic carbocycles. The van der Waals surface area contributed by atoms with Crippen LogP contribution in [0.25, 0.3) is 0 Å². The van der Waals surface area contributed by atoms with Gasteiger partial charge in [0.25, 0.3) is 10.0 Å². The highest BCUT2D eigenvalue weighted by atomic mass is 35.5. The number of sulfonamides is 1. The van der Waals surface area contributed by atoms with E-state index < -0.39 is 15.8 Å². The van der Waals surface area contributed by atoms with Gasteiger partial charge in [-0.05, 0) is 42.5 Å². The SMILES string of the molecule is C=CCN(c1ccc(F)c(Cl)c1)S(=O)(=O)c1ccc(OC)cc1. The fourth-order valence-corrected chi connectivity index (χ4v) is 3.58. The number of anilines is 1. The lowest BCUT2D eigenvalue weighted by molar-refractivity contribution is 0.414. The topological polar surface area (TPSA) is 46.6 Å². The van der Waals surface area contributed by atoms with Crippen LogP contribution in [0.4, 0.5) is 10.1 Å². The van der Waals surface area contributed by atoms with Gasteiger partial charge in [-0.2, -0.15) is 0 Å². The summed E-state index contributed by atoms with van der Waals surface area (Å²) in [6.07, 6.45) is 1.44. The third-order valence-electron chi connectivity index (χ3n) is 3.13. The van der Waals surface area contributed by atoms with Crippen LogP contribution in [-0.4, -0.2) is 22.1 Å². The zero-order valence-electron chi connectivity index (χ0n) is 12.4. The van der Waals surface area contributed by atoms with Crippen LogP contribution in [0.5, 0.6) is 5.75 Å². The maximum Gasteiger partial charge on any atom is 0.264 e. The number of ether oxygens (including phenoxy) is 1. The molecule has 0 atom stereocenters. The quantitative estimate of drug-likeness (QED) is 0.739. The smallest absolute Gasteiger partial charge is 0.264 e. The molecule has 2 rings (SSSR count). The summed E-state index contributed by atoms with van der Waals surface area (Å²) in [4.78, 5) is 0.0839. The second-order valence-corrected chi connectivity index (χ2v) is 6.87. The Morgan fingerprint density at radius 2 is 1.91 bits per heavy atom. The van der Waals surface area contributed by atoms with Crippen molar-refractivity contribution >= 4 is 27.3 Å². The maximum atomic E-state index is 13.3.